The lowest BCUT2D eigenvalue weighted by molar-refractivity contribution is -0.159. The molecule has 0 aliphatic heterocycles. The van der Waals surface area contributed by atoms with E-state index in [0.717, 1.165) is 0 Å². The summed E-state index contributed by atoms with van der Waals surface area (Å²) in [6.45, 7) is 2.17. The van der Waals surface area contributed by atoms with Crippen molar-refractivity contribution in [3.05, 3.63) is 27.2 Å². The number of carbonyl (C=O) groups is 2. The molecule has 24 heavy (non-hydrogen) atoms. The first-order valence-electron chi connectivity index (χ1n) is 6.52. The van der Waals surface area contributed by atoms with Crippen LogP contribution in [0.1, 0.15) is 13.8 Å². The van der Waals surface area contributed by atoms with Crippen molar-refractivity contribution < 1.29 is 23.8 Å². The summed E-state index contributed by atoms with van der Waals surface area (Å²) in [5.41, 5.74) is 0. The van der Waals surface area contributed by atoms with Crippen LogP contribution >= 0.6 is 58.0 Å². The smallest absolute Gasteiger partial charge is 0.344 e. The van der Waals surface area contributed by atoms with E-state index in [1.165, 1.54) is 26.0 Å². The number of rotatable bonds is 7. The second-order valence-corrected chi connectivity index (χ2v) is 7.70. The second-order valence-electron chi connectivity index (χ2n) is 4.77. The summed E-state index contributed by atoms with van der Waals surface area (Å²) in [5, 5.41) is 0.690. The van der Waals surface area contributed by atoms with Gasteiger partial charge in [0.1, 0.15) is 18.5 Å². The minimum Gasteiger partial charge on any atom is -0.480 e. The number of alkyl halides is 2. The zero-order valence-corrected chi connectivity index (χ0v) is 16.4. The predicted octanol–water partition coefficient (Wildman–Crippen LogP) is 4.69. The van der Waals surface area contributed by atoms with Gasteiger partial charge in [-0.3, -0.25) is 0 Å². The molecule has 0 saturated heterocycles. The molecular formula is C14H13Cl5O5. The number of halogens is 5. The predicted molar refractivity (Wildman–Crippen MR) is 93.6 cm³/mol. The molecule has 0 fully saturated rings. The van der Waals surface area contributed by atoms with E-state index in [1.54, 1.807) is 0 Å². The van der Waals surface area contributed by atoms with Gasteiger partial charge in [-0.05, 0) is 19.9 Å². The topological polar surface area (TPSA) is 61.8 Å². The average molecular weight is 439 g/mol. The van der Waals surface area contributed by atoms with Crippen LogP contribution in [0.3, 0.4) is 0 Å². The van der Waals surface area contributed by atoms with Gasteiger partial charge in [-0.1, -0.05) is 58.0 Å². The monoisotopic (exact) mass is 436 g/mol. The molecule has 134 valence electrons. The van der Waals surface area contributed by atoms with Crippen LogP contribution in [0.4, 0.5) is 0 Å². The molecule has 0 spiro atoms. The molecule has 1 unspecified atom stereocenters. The standard InChI is InChI=1S/C14H13Cl5O5/c1-7(5-23-13(21)14(2,18)19)24-12(20)6-22-11-4-9(16)8(15)3-10(11)17/h3-4,7H,5-6H2,1-2H3. The van der Waals surface area contributed by atoms with Crippen LogP contribution in [0.5, 0.6) is 5.75 Å². The van der Waals surface area contributed by atoms with Crippen molar-refractivity contribution in [1.82, 2.24) is 0 Å². The molecule has 0 aliphatic carbocycles. The van der Waals surface area contributed by atoms with Crippen LogP contribution in [0, 0.1) is 0 Å². The van der Waals surface area contributed by atoms with Gasteiger partial charge in [0.2, 0.25) is 4.33 Å². The summed E-state index contributed by atoms with van der Waals surface area (Å²) in [5.74, 6) is -1.35. The number of ether oxygens (including phenoxy) is 3. The van der Waals surface area contributed by atoms with Crippen molar-refractivity contribution >= 4 is 69.9 Å². The Morgan fingerprint density at radius 1 is 1.12 bits per heavy atom. The molecule has 1 atom stereocenters. The summed E-state index contributed by atoms with van der Waals surface area (Å²) < 4.78 is 13.4. The molecule has 5 nitrogen and oxygen atoms in total. The molecule has 0 saturated carbocycles. The molecule has 1 aromatic rings. The van der Waals surface area contributed by atoms with Crippen molar-refractivity contribution in [3.8, 4) is 5.75 Å². The lowest BCUT2D eigenvalue weighted by Crippen LogP contribution is -2.30. The minimum absolute atomic E-state index is 0.183. The summed E-state index contributed by atoms with van der Waals surface area (Å²) in [6, 6.07) is 2.77. The Bertz CT molecular complexity index is 614. The van der Waals surface area contributed by atoms with Crippen molar-refractivity contribution in [1.29, 1.82) is 0 Å². The van der Waals surface area contributed by atoms with Gasteiger partial charge in [0, 0.05) is 6.07 Å². The van der Waals surface area contributed by atoms with Gasteiger partial charge in [0.15, 0.2) is 6.61 Å². The molecule has 0 radical (unpaired) electrons. The van der Waals surface area contributed by atoms with Crippen LogP contribution in [0.25, 0.3) is 0 Å². The highest BCUT2D eigenvalue weighted by atomic mass is 35.5. The maximum Gasteiger partial charge on any atom is 0.344 e. The van der Waals surface area contributed by atoms with E-state index in [9.17, 15) is 9.59 Å². The highest BCUT2D eigenvalue weighted by Gasteiger charge is 2.29. The molecule has 10 heteroatoms. The normalized spacial score (nSPS) is 12.5. The summed E-state index contributed by atoms with van der Waals surface area (Å²) in [6.07, 6.45) is -0.718. The van der Waals surface area contributed by atoms with Gasteiger partial charge >= 0.3 is 11.9 Å². The van der Waals surface area contributed by atoms with E-state index in [0.29, 0.717) is 0 Å². The number of benzene rings is 1. The third kappa shape index (κ3) is 7.11. The lowest BCUT2D eigenvalue weighted by atomic mass is 10.3. The molecule has 0 N–H and O–H groups in total. The maximum atomic E-state index is 11.7. The lowest BCUT2D eigenvalue weighted by Gasteiger charge is -2.17. The van der Waals surface area contributed by atoms with Gasteiger partial charge in [-0.2, -0.15) is 0 Å². The number of carbonyl (C=O) groups excluding carboxylic acids is 2. The first-order chi connectivity index (χ1) is 11.0. The van der Waals surface area contributed by atoms with Crippen LogP contribution in [-0.2, 0) is 19.1 Å². The van der Waals surface area contributed by atoms with Gasteiger partial charge in [-0.15, -0.1) is 0 Å². The molecular weight excluding hydrogens is 425 g/mol. The largest absolute Gasteiger partial charge is 0.480 e. The van der Waals surface area contributed by atoms with E-state index < -0.39 is 29.0 Å². The molecule has 1 aromatic carbocycles. The van der Waals surface area contributed by atoms with Crippen LogP contribution in [0.2, 0.25) is 15.1 Å². The SMILES string of the molecule is CC(COC(=O)C(C)(Cl)Cl)OC(=O)COc1cc(Cl)c(Cl)cc1Cl. The maximum absolute atomic E-state index is 11.7. The third-order valence-corrected chi connectivity index (χ3v) is 3.79. The Hall–Kier alpha value is -0.590. The van der Waals surface area contributed by atoms with Crippen LogP contribution in [-0.4, -0.2) is 35.6 Å². The Labute approximate surface area is 164 Å². The van der Waals surface area contributed by atoms with E-state index in [-0.39, 0.29) is 27.4 Å². The van der Waals surface area contributed by atoms with E-state index in [2.05, 4.69) is 0 Å². The summed E-state index contributed by atoms with van der Waals surface area (Å²) in [7, 11) is 0. The summed E-state index contributed by atoms with van der Waals surface area (Å²) in [4.78, 5) is 23.1. The molecule has 0 bridgehead atoms. The zero-order valence-electron chi connectivity index (χ0n) is 12.6. The highest BCUT2D eigenvalue weighted by molar-refractivity contribution is 6.57. The number of esters is 2. The fraction of sp³-hybridized carbons (Fsp3) is 0.429. The van der Waals surface area contributed by atoms with E-state index >= 15 is 0 Å². The first kappa shape index (κ1) is 21.5. The Morgan fingerprint density at radius 3 is 2.29 bits per heavy atom. The van der Waals surface area contributed by atoms with Gasteiger partial charge in [0.05, 0.1) is 15.1 Å². The number of hydrogen-bond donors (Lipinski definition) is 0. The minimum atomic E-state index is -1.67. The third-order valence-electron chi connectivity index (χ3n) is 2.46. The fourth-order valence-corrected chi connectivity index (χ4v) is 2.06. The fourth-order valence-electron chi connectivity index (χ4n) is 1.36. The van der Waals surface area contributed by atoms with Crippen LogP contribution < -0.4 is 4.74 Å². The van der Waals surface area contributed by atoms with Crippen molar-refractivity contribution in [2.45, 2.75) is 24.3 Å². The Kier molecular flexibility index (Phi) is 8.23. The number of hydrogen-bond acceptors (Lipinski definition) is 5. The Balaban J connectivity index is 2.44. The van der Waals surface area contributed by atoms with E-state index in [1.807, 2.05) is 0 Å². The molecule has 1 rings (SSSR count). The average Bonchev–Trinajstić information content (AvgIpc) is 2.46. The quantitative estimate of drug-likeness (QED) is 0.351. The first-order valence-corrected chi connectivity index (χ1v) is 8.41. The molecule has 0 aliphatic rings. The molecule has 0 heterocycles. The van der Waals surface area contributed by atoms with Gasteiger partial charge < -0.3 is 14.2 Å². The molecule has 0 amide bonds. The zero-order chi connectivity index (χ0) is 18.5. The highest BCUT2D eigenvalue weighted by Crippen LogP contribution is 2.33. The second kappa shape index (κ2) is 9.20. The Morgan fingerprint density at radius 2 is 1.71 bits per heavy atom. The van der Waals surface area contributed by atoms with E-state index in [4.69, 9.17) is 72.2 Å². The molecule has 0 aromatic heterocycles. The van der Waals surface area contributed by atoms with Gasteiger partial charge in [-0.25, -0.2) is 9.59 Å². The van der Waals surface area contributed by atoms with Crippen molar-refractivity contribution in [2.24, 2.45) is 0 Å². The summed E-state index contributed by atoms with van der Waals surface area (Å²) >= 11 is 28.7. The van der Waals surface area contributed by atoms with Gasteiger partial charge in [0.25, 0.3) is 0 Å². The van der Waals surface area contributed by atoms with Crippen molar-refractivity contribution in [2.75, 3.05) is 13.2 Å². The van der Waals surface area contributed by atoms with Crippen molar-refractivity contribution in [3.63, 3.8) is 0 Å². The van der Waals surface area contributed by atoms with Crippen LogP contribution in [0.15, 0.2) is 12.1 Å².